The van der Waals surface area contributed by atoms with Gasteiger partial charge in [-0.2, -0.15) is 0 Å². The van der Waals surface area contributed by atoms with Crippen LogP contribution in [0.3, 0.4) is 0 Å². The minimum Gasteiger partial charge on any atom is -0.306 e. The number of hydrogen-bond acceptors (Lipinski definition) is 3. The molecule has 3 rings (SSSR count). The molecule has 2 heterocycles. The number of carbonyl (C=O) groups excluding carboxylic acids is 1. The summed E-state index contributed by atoms with van der Waals surface area (Å²) >= 11 is 0. The smallest absolute Gasteiger partial charge is 0.306 e. The molecule has 0 aromatic carbocycles. The minimum absolute atomic E-state index is 0.282. The third kappa shape index (κ3) is 2.43. The maximum absolute atomic E-state index is 11.8. The van der Waals surface area contributed by atoms with Crippen LogP contribution in [0.5, 0.6) is 0 Å². The number of aromatic nitrogens is 2. The first-order valence-corrected chi connectivity index (χ1v) is 6.35. The van der Waals surface area contributed by atoms with Crippen LogP contribution in [0.1, 0.15) is 43.6 Å². The van der Waals surface area contributed by atoms with Gasteiger partial charge in [0.2, 0.25) is 0 Å². The summed E-state index contributed by atoms with van der Waals surface area (Å²) in [6.45, 7) is 1.60. The maximum Gasteiger partial charge on any atom is 0.435 e. The number of nitrogens with zero attached hydrogens (tertiary/aromatic N) is 3. The van der Waals surface area contributed by atoms with Crippen molar-refractivity contribution in [3.8, 4) is 0 Å². The molecule has 0 bridgehead atoms. The maximum atomic E-state index is 11.8. The van der Waals surface area contributed by atoms with Gasteiger partial charge in [-0.3, -0.25) is 4.84 Å². The lowest BCUT2D eigenvalue weighted by Gasteiger charge is -2.25. The molecule has 0 unspecified atom stereocenters. The average Bonchev–Trinajstić information content (AvgIpc) is 3.12. The van der Waals surface area contributed by atoms with E-state index in [9.17, 15) is 4.79 Å². The van der Waals surface area contributed by atoms with E-state index in [-0.39, 0.29) is 6.09 Å². The van der Waals surface area contributed by atoms with Crippen LogP contribution in [0.4, 0.5) is 4.79 Å². The molecule has 0 atom stereocenters. The Hall–Kier alpha value is -1.52. The molecule has 5 heteroatoms. The summed E-state index contributed by atoms with van der Waals surface area (Å²) in [6.07, 6.45) is 9.13. The van der Waals surface area contributed by atoms with Gasteiger partial charge in [0, 0.05) is 13.1 Å². The lowest BCUT2D eigenvalue weighted by atomic mass is 10.1. The second kappa shape index (κ2) is 4.39. The molecule has 1 aromatic rings. The lowest BCUT2D eigenvalue weighted by Crippen LogP contribution is -2.40. The number of hydrogen-bond donors (Lipinski definition) is 0. The Bertz CT molecular complexity index is 406. The van der Waals surface area contributed by atoms with Crippen molar-refractivity contribution in [1.82, 2.24) is 14.8 Å². The summed E-state index contributed by atoms with van der Waals surface area (Å²) in [7, 11) is 0. The van der Waals surface area contributed by atoms with E-state index in [0.717, 1.165) is 25.9 Å². The minimum atomic E-state index is -0.282. The van der Waals surface area contributed by atoms with Crippen LogP contribution in [-0.4, -0.2) is 34.0 Å². The fourth-order valence-corrected chi connectivity index (χ4v) is 2.21. The first kappa shape index (κ1) is 10.6. The fraction of sp³-hybridized carbons (Fsp3) is 0.667. The molecule has 1 aliphatic heterocycles. The highest BCUT2D eigenvalue weighted by atomic mass is 16.7. The Kier molecular flexibility index (Phi) is 2.74. The van der Waals surface area contributed by atoms with Crippen molar-refractivity contribution in [3.63, 3.8) is 0 Å². The zero-order valence-corrected chi connectivity index (χ0v) is 9.84. The van der Waals surface area contributed by atoms with Gasteiger partial charge in [0.25, 0.3) is 0 Å². The van der Waals surface area contributed by atoms with Crippen molar-refractivity contribution in [2.45, 2.75) is 38.0 Å². The Morgan fingerprint density at radius 1 is 1.29 bits per heavy atom. The zero-order valence-electron chi connectivity index (χ0n) is 9.84. The summed E-state index contributed by atoms with van der Waals surface area (Å²) in [5.74, 6) is 0.637. The number of likely N-dealkylation sites (tertiary alicyclic amines) is 1. The summed E-state index contributed by atoms with van der Waals surface area (Å²) in [5, 5.41) is 4.06. The molecule has 17 heavy (non-hydrogen) atoms. The highest BCUT2D eigenvalue weighted by Gasteiger charge is 2.26. The molecule has 0 radical (unpaired) electrons. The quantitative estimate of drug-likeness (QED) is 0.785. The van der Waals surface area contributed by atoms with Crippen LogP contribution in [0.2, 0.25) is 0 Å². The Labute approximate surface area is 100 Å². The summed E-state index contributed by atoms with van der Waals surface area (Å²) in [6, 6.07) is 0. The summed E-state index contributed by atoms with van der Waals surface area (Å²) < 4.78 is 0. The predicted octanol–water partition coefficient (Wildman–Crippen LogP) is 1.79. The van der Waals surface area contributed by atoms with Crippen LogP contribution in [0.25, 0.3) is 0 Å². The van der Waals surface area contributed by atoms with Gasteiger partial charge in [0.1, 0.15) is 0 Å². The van der Waals surface area contributed by atoms with Crippen LogP contribution in [0.15, 0.2) is 12.4 Å². The number of rotatable bonds is 2. The van der Waals surface area contributed by atoms with E-state index >= 15 is 0 Å². The average molecular weight is 235 g/mol. The molecule has 2 fully saturated rings. The molecular formula is C12H17N3O2. The van der Waals surface area contributed by atoms with Gasteiger partial charge < -0.3 is 4.90 Å². The molecule has 1 saturated carbocycles. The van der Waals surface area contributed by atoms with Crippen LogP contribution < -0.4 is 4.84 Å². The Balaban J connectivity index is 1.58. The normalized spacial score (nSPS) is 20.4. The van der Waals surface area contributed by atoms with Crippen LogP contribution in [0, 0.1) is 0 Å². The van der Waals surface area contributed by atoms with Crippen molar-refractivity contribution in [1.29, 1.82) is 0 Å². The van der Waals surface area contributed by atoms with Crippen molar-refractivity contribution in [3.05, 3.63) is 18.0 Å². The largest absolute Gasteiger partial charge is 0.435 e. The third-order valence-electron chi connectivity index (χ3n) is 3.41. The molecule has 1 saturated heterocycles. The molecule has 5 nitrogen and oxygen atoms in total. The molecule has 0 spiro atoms. The van der Waals surface area contributed by atoms with Gasteiger partial charge in [-0.05, 0) is 43.6 Å². The SMILES string of the molecule is O=C(On1cc(C2CC2)cn1)N1CCCCC1. The van der Waals surface area contributed by atoms with E-state index in [0.29, 0.717) is 5.92 Å². The van der Waals surface area contributed by atoms with Crippen molar-refractivity contribution < 1.29 is 9.63 Å². The monoisotopic (exact) mass is 235 g/mol. The van der Waals surface area contributed by atoms with Crippen LogP contribution >= 0.6 is 0 Å². The second-order valence-corrected chi connectivity index (χ2v) is 4.86. The molecule has 1 aliphatic carbocycles. The fourth-order valence-electron chi connectivity index (χ4n) is 2.21. The molecule has 0 N–H and O–H groups in total. The standard InChI is InChI=1S/C12H17N3O2/c16-12(14-6-2-1-3-7-14)17-15-9-11(8-13-15)10-4-5-10/h8-10H,1-7H2. The lowest BCUT2D eigenvalue weighted by molar-refractivity contribution is 0.0730. The number of carbonyl (C=O) groups is 1. The topological polar surface area (TPSA) is 47.4 Å². The Morgan fingerprint density at radius 2 is 2.06 bits per heavy atom. The Morgan fingerprint density at radius 3 is 2.76 bits per heavy atom. The third-order valence-corrected chi connectivity index (χ3v) is 3.41. The van der Waals surface area contributed by atoms with E-state index in [4.69, 9.17) is 4.84 Å². The summed E-state index contributed by atoms with van der Waals surface area (Å²) in [5.41, 5.74) is 1.18. The molecule has 1 aromatic heterocycles. The first-order valence-electron chi connectivity index (χ1n) is 6.35. The van der Waals surface area contributed by atoms with E-state index < -0.39 is 0 Å². The van der Waals surface area contributed by atoms with E-state index in [2.05, 4.69) is 5.10 Å². The number of piperidine rings is 1. The van der Waals surface area contributed by atoms with Crippen molar-refractivity contribution in [2.24, 2.45) is 0 Å². The van der Waals surface area contributed by atoms with Crippen LogP contribution in [-0.2, 0) is 0 Å². The highest BCUT2D eigenvalue weighted by Crippen LogP contribution is 2.39. The van der Waals surface area contributed by atoms with Gasteiger partial charge in [0.05, 0.1) is 12.4 Å². The molecule has 92 valence electrons. The van der Waals surface area contributed by atoms with Crippen molar-refractivity contribution in [2.75, 3.05) is 13.1 Å². The molecule has 1 amide bonds. The second-order valence-electron chi connectivity index (χ2n) is 4.86. The van der Waals surface area contributed by atoms with Gasteiger partial charge in [0.15, 0.2) is 0 Å². The predicted molar refractivity (Wildman–Crippen MR) is 61.6 cm³/mol. The number of amides is 1. The zero-order chi connectivity index (χ0) is 11.7. The van der Waals surface area contributed by atoms with Gasteiger partial charge >= 0.3 is 6.09 Å². The van der Waals surface area contributed by atoms with Crippen molar-refractivity contribution >= 4 is 6.09 Å². The summed E-state index contributed by atoms with van der Waals surface area (Å²) in [4.78, 5) is 20.1. The van der Waals surface area contributed by atoms with E-state index in [1.807, 2.05) is 6.20 Å². The van der Waals surface area contributed by atoms with Gasteiger partial charge in [-0.15, -0.1) is 5.10 Å². The molecule has 2 aliphatic rings. The van der Waals surface area contributed by atoms with E-state index in [1.165, 1.54) is 29.7 Å². The van der Waals surface area contributed by atoms with E-state index in [1.54, 1.807) is 11.1 Å². The van der Waals surface area contributed by atoms with Gasteiger partial charge in [-0.1, -0.05) is 4.85 Å². The first-order chi connectivity index (χ1) is 8.33. The van der Waals surface area contributed by atoms with Gasteiger partial charge in [-0.25, -0.2) is 4.79 Å². The molecular weight excluding hydrogens is 218 g/mol. The highest BCUT2D eigenvalue weighted by molar-refractivity contribution is 5.67.